The lowest BCUT2D eigenvalue weighted by atomic mass is 10.1. The fraction of sp³-hybridized carbons (Fsp3) is 0.125. The van der Waals surface area contributed by atoms with E-state index in [9.17, 15) is 9.90 Å². The Bertz CT molecular complexity index is 1270. The normalized spacial score (nSPS) is 10.8. The summed E-state index contributed by atoms with van der Waals surface area (Å²) in [4.78, 5) is 12.7. The second-order valence-corrected chi connectivity index (χ2v) is 8.97. The first-order valence-electron chi connectivity index (χ1n) is 9.93. The summed E-state index contributed by atoms with van der Waals surface area (Å²) in [5.74, 6) is 0.663. The summed E-state index contributed by atoms with van der Waals surface area (Å²) in [7, 11) is 0. The predicted octanol–water partition coefficient (Wildman–Crippen LogP) is 5.75. The van der Waals surface area contributed by atoms with Crippen LogP contribution in [-0.4, -0.2) is 31.5 Å². The highest BCUT2D eigenvalue weighted by Crippen LogP contribution is 2.33. The molecule has 1 heterocycles. The van der Waals surface area contributed by atoms with Gasteiger partial charge in [-0.2, -0.15) is 0 Å². The molecule has 0 bridgehead atoms. The minimum Gasteiger partial charge on any atom is -0.507 e. The summed E-state index contributed by atoms with van der Waals surface area (Å²) < 4.78 is 2.86. The van der Waals surface area contributed by atoms with Crippen LogP contribution >= 0.6 is 27.7 Å². The smallest absolute Gasteiger partial charge is 0.234 e. The molecule has 2 N–H and O–H groups in total. The van der Waals surface area contributed by atoms with Crippen LogP contribution in [0.1, 0.15) is 11.1 Å². The van der Waals surface area contributed by atoms with Crippen molar-refractivity contribution in [3.8, 4) is 22.8 Å². The van der Waals surface area contributed by atoms with Crippen LogP contribution in [0.2, 0.25) is 0 Å². The van der Waals surface area contributed by atoms with Crippen LogP contribution in [0.5, 0.6) is 5.75 Å². The number of halogens is 1. The van der Waals surface area contributed by atoms with Crippen molar-refractivity contribution < 1.29 is 9.90 Å². The average molecular weight is 509 g/mol. The first-order valence-corrected chi connectivity index (χ1v) is 11.7. The Kier molecular flexibility index (Phi) is 6.62. The van der Waals surface area contributed by atoms with E-state index in [0.29, 0.717) is 16.5 Å². The topological polar surface area (TPSA) is 80.0 Å². The number of aromatic hydroxyl groups is 1. The molecule has 0 spiro atoms. The number of aromatic nitrogens is 3. The van der Waals surface area contributed by atoms with E-state index in [1.807, 2.05) is 66.9 Å². The summed E-state index contributed by atoms with van der Waals surface area (Å²) in [6, 6.07) is 20.4. The lowest BCUT2D eigenvalue weighted by Crippen LogP contribution is -2.15. The maximum Gasteiger partial charge on any atom is 0.234 e. The third-order valence-electron chi connectivity index (χ3n) is 5.12. The van der Waals surface area contributed by atoms with Crippen LogP contribution in [-0.2, 0) is 4.79 Å². The van der Waals surface area contributed by atoms with Crippen molar-refractivity contribution in [2.45, 2.75) is 19.0 Å². The molecule has 0 aliphatic rings. The Morgan fingerprint density at radius 1 is 1.00 bits per heavy atom. The van der Waals surface area contributed by atoms with E-state index in [0.717, 1.165) is 27.0 Å². The van der Waals surface area contributed by atoms with E-state index in [4.69, 9.17) is 0 Å². The zero-order chi connectivity index (χ0) is 22.7. The maximum atomic E-state index is 12.7. The molecule has 0 fully saturated rings. The Morgan fingerprint density at radius 3 is 2.47 bits per heavy atom. The second kappa shape index (κ2) is 9.58. The fourth-order valence-electron chi connectivity index (χ4n) is 3.25. The quantitative estimate of drug-likeness (QED) is 0.324. The molecule has 0 saturated heterocycles. The largest absolute Gasteiger partial charge is 0.507 e. The molecule has 4 aromatic rings. The van der Waals surface area contributed by atoms with Gasteiger partial charge in [-0.3, -0.25) is 9.36 Å². The standard InChI is InChI=1S/C24H21BrN4O2S/c1-15-16(2)20(13-12-19(15)25)26-22(31)14-32-24-28-27-23(18-10-6-7-11-21(18)30)29(24)17-8-4-3-5-9-17/h3-13,30H,14H2,1-2H3,(H,26,31). The van der Waals surface area contributed by atoms with E-state index in [1.54, 1.807) is 18.2 Å². The SMILES string of the molecule is Cc1c(Br)ccc(NC(=O)CSc2nnc(-c3ccccc3O)n2-c2ccccc2)c1C. The first kappa shape index (κ1) is 22.1. The van der Waals surface area contributed by atoms with Crippen molar-refractivity contribution in [3.63, 3.8) is 0 Å². The van der Waals surface area contributed by atoms with E-state index < -0.39 is 0 Å². The number of nitrogens with one attached hydrogen (secondary N) is 1. The number of hydrogen-bond donors (Lipinski definition) is 2. The summed E-state index contributed by atoms with van der Waals surface area (Å²) in [6.45, 7) is 3.99. The zero-order valence-corrected chi connectivity index (χ0v) is 19.9. The number of amides is 1. The van der Waals surface area contributed by atoms with Crippen molar-refractivity contribution in [3.05, 3.63) is 82.3 Å². The summed E-state index contributed by atoms with van der Waals surface area (Å²) in [6.07, 6.45) is 0. The zero-order valence-electron chi connectivity index (χ0n) is 17.5. The van der Waals surface area contributed by atoms with Crippen LogP contribution < -0.4 is 5.32 Å². The number of rotatable bonds is 6. The van der Waals surface area contributed by atoms with Crippen molar-refractivity contribution in [2.24, 2.45) is 0 Å². The number of nitrogens with zero attached hydrogens (tertiary/aromatic N) is 3. The molecule has 8 heteroatoms. The Hall–Kier alpha value is -3.10. The highest BCUT2D eigenvalue weighted by atomic mass is 79.9. The number of phenolic OH excluding ortho intramolecular Hbond substituents is 1. The molecule has 4 rings (SSSR count). The van der Waals surface area contributed by atoms with Gasteiger partial charge in [0.2, 0.25) is 5.91 Å². The number of carbonyl (C=O) groups is 1. The molecule has 0 aliphatic carbocycles. The van der Waals surface area contributed by atoms with Crippen LogP contribution in [0, 0.1) is 13.8 Å². The van der Waals surface area contributed by atoms with Crippen molar-refractivity contribution >= 4 is 39.3 Å². The molecule has 1 aromatic heterocycles. The number of anilines is 1. The predicted molar refractivity (Wildman–Crippen MR) is 131 cm³/mol. The molecule has 32 heavy (non-hydrogen) atoms. The highest BCUT2D eigenvalue weighted by molar-refractivity contribution is 9.10. The number of phenols is 1. The highest BCUT2D eigenvalue weighted by Gasteiger charge is 2.19. The van der Waals surface area contributed by atoms with Gasteiger partial charge in [0, 0.05) is 15.8 Å². The molecular formula is C24H21BrN4O2S. The molecule has 162 valence electrons. The van der Waals surface area contributed by atoms with Crippen molar-refractivity contribution in [2.75, 3.05) is 11.1 Å². The van der Waals surface area contributed by atoms with Gasteiger partial charge in [-0.1, -0.05) is 58.0 Å². The van der Waals surface area contributed by atoms with E-state index in [2.05, 4.69) is 31.4 Å². The number of thioether (sulfide) groups is 1. The minimum absolute atomic E-state index is 0.118. The summed E-state index contributed by atoms with van der Waals surface area (Å²) in [5, 5.41) is 22.5. The molecule has 0 atom stereocenters. The van der Waals surface area contributed by atoms with Crippen LogP contribution in [0.3, 0.4) is 0 Å². The van der Waals surface area contributed by atoms with Gasteiger partial charge in [-0.05, 0) is 61.4 Å². The van der Waals surface area contributed by atoms with E-state index in [1.165, 1.54) is 11.8 Å². The fourth-order valence-corrected chi connectivity index (χ4v) is 4.43. The molecule has 0 unspecified atom stereocenters. The average Bonchev–Trinajstić information content (AvgIpc) is 3.23. The van der Waals surface area contributed by atoms with Crippen LogP contribution in [0.25, 0.3) is 17.1 Å². The molecular weight excluding hydrogens is 488 g/mol. The van der Waals surface area contributed by atoms with Crippen molar-refractivity contribution in [1.82, 2.24) is 14.8 Å². The monoisotopic (exact) mass is 508 g/mol. The number of para-hydroxylation sites is 2. The van der Waals surface area contributed by atoms with Gasteiger partial charge in [-0.25, -0.2) is 0 Å². The van der Waals surface area contributed by atoms with Gasteiger partial charge < -0.3 is 10.4 Å². The maximum absolute atomic E-state index is 12.7. The summed E-state index contributed by atoms with van der Waals surface area (Å²) >= 11 is 4.80. The van der Waals surface area contributed by atoms with E-state index in [-0.39, 0.29) is 17.4 Å². The van der Waals surface area contributed by atoms with Gasteiger partial charge in [0.1, 0.15) is 5.75 Å². The van der Waals surface area contributed by atoms with Gasteiger partial charge in [-0.15, -0.1) is 10.2 Å². The Balaban J connectivity index is 1.60. The van der Waals surface area contributed by atoms with Crippen LogP contribution in [0.4, 0.5) is 5.69 Å². The Morgan fingerprint density at radius 2 is 1.72 bits per heavy atom. The van der Waals surface area contributed by atoms with Gasteiger partial charge in [0.15, 0.2) is 11.0 Å². The lowest BCUT2D eigenvalue weighted by Gasteiger charge is -2.13. The summed E-state index contributed by atoms with van der Waals surface area (Å²) in [5.41, 5.74) is 4.31. The number of hydrogen-bond acceptors (Lipinski definition) is 5. The molecule has 0 aliphatic heterocycles. The Labute approximate surface area is 198 Å². The lowest BCUT2D eigenvalue weighted by molar-refractivity contribution is -0.113. The number of benzene rings is 3. The van der Waals surface area contributed by atoms with Gasteiger partial charge in [0.25, 0.3) is 0 Å². The molecule has 0 saturated carbocycles. The molecule has 1 amide bonds. The third kappa shape index (κ3) is 4.56. The molecule has 6 nitrogen and oxygen atoms in total. The minimum atomic E-state index is -0.133. The van der Waals surface area contributed by atoms with E-state index >= 15 is 0 Å². The molecule has 3 aromatic carbocycles. The van der Waals surface area contributed by atoms with Gasteiger partial charge in [0.05, 0.1) is 11.3 Å². The second-order valence-electron chi connectivity index (χ2n) is 7.18. The third-order valence-corrected chi connectivity index (χ3v) is 6.91. The van der Waals surface area contributed by atoms with Crippen molar-refractivity contribution in [1.29, 1.82) is 0 Å². The first-order chi connectivity index (χ1) is 15.5. The number of carbonyl (C=O) groups excluding carboxylic acids is 1. The molecule has 0 radical (unpaired) electrons. The van der Waals surface area contributed by atoms with Crippen LogP contribution in [0.15, 0.2) is 76.4 Å². The van der Waals surface area contributed by atoms with Gasteiger partial charge >= 0.3 is 0 Å².